The molecule has 0 saturated heterocycles. The summed E-state index contributed by atoms with van der Waals surface area (Å²) in [5.41, 5.74) is 1.70. The fourth-order valence-electron chi connectivity index (χ4n) is 2.05. The Bertz CT molecular complexity index is 998. The Morgan fingerprint density at radius 1 is 1.22 bits per heavy atom. The molecule has 4 aromatic rings. The van der Waals surface area contributed by atoms with Gasteiger partial charge in [0.2, 0.25) is 5.89 Å². The molecule has 0 bridgehead atoms. The highest BCUT2D eigenvalue weighted by Crippen LogP contribution is 2.31. The lowest BCUT2D eigenvalue weighted by atomic mass is 10.2. The van der Waals surface area contributed by atoms with Crippen molar-refractivity contribution in [1.82, 2.24) is 29.8 Å². The van der Waals surface area contributed by atoms with Gasteiger partial charge in [0.25, 0.3) is 11.0 Å². The fourth-order valence-corrected chi connectivity index (χ4v) is 3.33. The van der Waals surface area contributed by atoms with E-state index in [4.69, 9.17) is 4.42 Å². The molecule has 4 rings (SSSR count). The van der Waals surface area contributed by atoms with E-state index < -0.39 is 0 Å². The molecular weight excluding hydrogens is 380 g/mol. The first kappa shape index (κ1) is 14.3. The number of fused-ring (bicyclic) bond motifs is 1. The minimum atomic E-state index is 0.429. The molecule has 0 atom stereocenters. The van der Waals surface area contributed by atoms with Crippen molar-refractivity contribution in [3.63, 3.8) is 0 Å². The highest BCUT2D eigenvalue weighted by atomic mass is 79.9. The maximum absolute atomic E-state index is 5.75. The first-order valence-corrected chi connectivity index (χ1v) is 8.25. The molecule has 3 heterocycles. The number of hydrogen-bond donors (Lipinski definition) is 0. The zero-order valence-electron chi connectivity index (χ0n) is 11.8. The largest absolute Gasteiger partial charge is 0.411 e. The van der Waals surface area contributed by atoms with Crippen molar-refractivity contribution in [2.75, 3.05) is 0 Å². The second-order valence-electron chi connectivity index (χ2n) is 4.66. The molecule has 0 fully saturated rings. The molecule has 0 amide bonds. The normalized spacial score (nSPS) is 11.2. The summed E-state index contributed by atoms with van der Waals surface area (Å²) in [7, 11) is 0. The van der Waals surface area contributed by atoms with Crippen LogP contribution in [-0.4, -0.2) is 29.8 Å². The summed E-state index contributed by atoms with van der Waals surface area (Å²) in [6, 6.07) is 9.59. The third-order valence-corrected chi connectivity index (χ3v) is 4.58. The Kier molecular flexibility index (Phi) is 3.58. The first-order chi connectivity index (χ1) is 11.2. The summed E-state index contributed by atoms with van der Waals surface area (Å²) >= 11 is 4.80. The van der Waals surface area contributed by atoms with Gasteiger partial charge in [0.15, 0.2) is 0 Å². The van der Waals surface area contributed by atoms with Crippen molar-refractivity contribution in [2.45, 2.75) is 17.2 Å². The van der Waals surface area contributed by atoms with Crippen LogP contribution in [0.1, 0.15) is 5.69 Å². The minimum absolute atomic E-state index is 0.429. The van der Waals surface area contributed by atoms with E-state index in [0.717, 1.165) is 20.8 Å². The van der Waals surface area contributed by atoms with E-state index in [2.05, 4.69) is 41.2 Å². The van der Waals surface area contributed by atoms with Crippen LogP contribution in [-0.2, 0) is 0 Å². The number of halogens is 1. The Balaban J connectivity index is 1.70. The van der Waals surface area contributed by atoms with Gasteiger partial charge in [0.05, 0.1) is 5.56 Å². The summed E-state index contributed by atoms with van der Waals surface area (Å²) in [4.78, 5) is 8.41. The van der Waals surface area contributed by atoms with Gasteiger partial charge in [0.1, 0.15) is 11.4 Å². The quantitative estimate of drug-likeness (QED) is 0.497. The van der Waals surface area contributed by atoms with Crippen LogP contribution in [0, 0.1) is 6.92 Å². The lowest BCUT2D eigenvalue weighted by Crippen LogP contribution is -1.97. The molecule has 7 nitrogen and oxygen atoms in total. The van der Waals surface area contributed by atoms with Gasteiger partial charge in [-0.15, -0.1) is 10.2 Å². The van der Waals surface area contributed by atoms with Crippen LogP contribution in [0.4, 0.5) is 0 Å². The van der Waals surface area contributed by atoms with Gasteiger partial charge in [-0.25, -0.2) is 4.98 Å². The highest BCUT2D eigenvalue weighted by Gasteiger charge is 2.14. The monoisotopic (exact) mass is 388 g/mol. The third kappa shape index (κ3) is 2.73. The molecule has 23 heavy (non-hydrogen) atoms. The number of nitrogens with zero attached hydrogens (tertiary/aromatic N) is 6. The van der Waals surface area contributed by atoms with Crippen LogP contribution in [0.5, 0.6) is 0 Å². The molecule has 0 N–H and O–H groups in total. The summed E-state index contributed by atoms with van der Waals surface area (Å²) in [5.74, 6) is 0.999. The van der Waals surface area contributed by atoms with Gasteiger partial charge in [-0.3, -0.25) is 0 Å². The third-order valence-electron chi connectivity index (χ3n) is 3.05. The van der Waals surface area contributed by atoms with Crippen LogP contribution in [0.15, 0.2) is 55.8 Å². The second kappa shape index (κ2) is 5.74. The average Bonchev–Trinajstić information content (AvgIpc) is 3.17. The Morgan fingerprint density at radius 3 is 2.96 bits per heavy atom. The number of hydrogen-bond acceptors (Lipinski definition) is 7. The predicted molar refractivity (Wildman–Crippen MR) is 87.1 cm³/mol. The van der Waals surface area contributed by atoms with Crippen LogP contribution in [0.3, 0.4) is 0 Å². The van der Waals surface area contributed by atoms with Crippen molar-refractivity contribution in [3.8, 4) is 11.5 Å². The smallest absolute Gasteiger partial charge is 0.283 e. The zero-order chi connectivity index (χ0) is 15.8. The summed E-state index contributed by atoms with van der Waals surface area (Å²) in [5, 5.41) is 13.6. The average molecular weight is 389 g/mol. The van der Waals surface area contributed by atoms with Gasteiger partial charge in [-0.1, -0.05) is 12.1 Å². The maximum Gasteiger partial charge on any atom is 0.283 e. The molecule has 3 aromatic heterocycles. The number of rotatable bonds is 3. The molecule has 114 valence electrons. The van der Waals surface area contributed by atoms with Crippen molar-refractivity contribution in [1.29, 1.82) is 0 Å². The minimum Gasteiger partial charge on any atom is -0.411 e. The van der Waals surface area contributed by atoms with Gasteiger partial charge >= 0.3 is 0 Å². The van der Waals surface area contributed by atoms with E-state index in [-0.39, 0.29) is 0 Å². The van der Waals surface area contributed by atoms with Crippen molar-refractivity contribution >= 4 is 33.5 Å². The van der Waals surface area contributed by atoms with E-state index in [9.17, 15) is 0 Å². The summed E-state index contributed by atoms with van der Waals surface area (Å²) in [6.45, 7) is 1.90. The summed E-state index contributed by atoms with van der Waals surface area (Å²) in [6.07, 6.45) is 1.46. The zero-order valence-corrected chi connectivity index (χ0v) is 14.2. The molecule has 0 aliphatic carbocycles. The van der Waals surface area contributed by atoms with Crippen molar-refractivity contribution < 1.29 is 4.42 Å². The van der Waals surface area contributed by atoms with E-state index in [1.165, 1.54) is 18.1 Å². The van der Waals surface area contributed by atoms with E-state index in [0.29, 0.717) is 16.9 Å². The Labute approximate surface area is 143 Å². The summed E-state index contributed by atoms with van der Waals surface area (Å²) < 4.78 is 8.29. The number of aryl methyl sites for hydroxylation is 1. The topological polar surface area (TPSA) is 82.0 Å². The van der Waals surface area contributed by atoms with Gasteiger partial charge in [-0.05, 0) is 52.8 Å². The van der Waals surface area contributed by atoms with Gasteiger partial charge in [0, 0.05) is 10.2 Å². The van der Waals surface area contributed by atoms with E-state index >= 15 is 0 Å². The first-order valence-electron chi connectivity index (χ1n) is 6.64. The van der Waals surface area contributed by atoms with Gasteiger partial charge in [-0.2, -0.15) is 14.6 Å². The van der Waals surface area contributed by atoms with Crippen LogP contribution in [0.25, 0.3) is 17.2 Å². The number of benzene rings is 1. The molecule has 0 radical (unpaired) electrons. The van der Waals surface area contributed by atoms with E-state index in [1.807, 2.05) is 37.3 Å². The fraction of sp³-hybridized carbons (Fsp3) is 0.0714. The molecule has 0 aliphatic rings. The lowest BCUT2D eigenvalue weighted by molar-refractivity contribution is 0.465. The van der Waals surface area contributed by atoms with Crippen molar-refractivity contribution in [2.24, 2.45) is 0 Å². The molecule has 0 unspecified atom stereocenters. The molecule has 0 spiro atoms. The Morgan fingerprint density at radius 2 is 2.09 bits per heavy atom. The van der Waals surface area contributed by atoms with Crippen molar-refractivity contribution in [3.05, 3.63) is 46.8 Å². The highest BCUT2D eigenvalue weighted by molar-refractivity contribution is 9.10. The maximum atomic E-state index is 5.75. The second-order valence-corrected chi connectivity index (χ2v) is 6.49. The molecule has 0 aliphatic heterocycles. The molecule has 9 heteroatoms. The van der Waals surface area contributed by atoms with Crippen LogP contribution < -0.4 is 0 Å². The Hall–Kier alpha value is -2.26. The standard InChI is InChI=1S/C14H9BrN6OS/c1-8-6-11(21-13(18-8)16-7-17-21)23-14-20-19-12(22-14)9-4-2-3-5-10(9)15/h2-7H,1H3. The lowest BCUT2D eigenvalue weighted by Gasteiger charge is -2.01. The molecular formula is C14H9BrN6OS. The van der Waals surface area contributed by atoms with E-state index in [1.54, 1.807) is 4.52 Å². The van der Waals surface area contributed by atoms with Gasteiger partial charge < -0.3 is 4.42 Å². The van der Waals surface area contributed by atoms with Crippen LogP contribution >= 0.6 is 27.7 Å². The number of aromatic nitrogens is 6. The molecule has 1 aromatic carbocycles. The SMILES string of the molecule is Cc1cc(Sc2nnc(-c3ccccc3Br)o2)n2ncnc2n1. The molecule has 0 saturated carbocycles. The van der Waals surface area contributed by atoms with Crippen LogP contribution in [0.2, 0.25) is 0 Å². The predicted octanol–water partition coefficient (Wildman–Crippen LogP) is 3.40.